The van der Waals surface area contributed by atoms with E-state index in [1.165, 1.54) is 9.87 Å². The van der Waals surface area contributed by atoms with Gasteiger partial charge in [0.1, 0.15) is 5.75 Å². The Morgan fingerprint density at radius 1 is 0.857 bits per heavy atom. The molecule has 1 aliphatic rings. The first-order chi connectivity index (χ1) is 20.0. The van der Waals surface area contributed by atoms with E-state index in [4.69, 9.17) is 24.5 Å². The molecule has 0 radical (unpaired) electrons. The van der Waals surface area contributed by atoms with Crippen LogP contribution in [-0.4, -0.2) is 98.0 Å². The number of carboxylic acids is 2. The number of carboxylic acid groups (broad SMARTS) is 2. The first-order valence-corrected chi connectivity index (χ1v) is 14.8. The molecule has 1 fully saturated rings. The van der Waals surface area contributed by atoms with E-state index in [1.54, 1.807) is 55.6 Å². The van der Waals surface area contributed by atoms with Crippen LogP contribution in [0.2, 0.25) is 0 Å². The van der Waals surface area contributed by atoms with Gasteiger partial charge in [-0.2, -0.15) is 0 Å². The summed E-state index contributed by atoms with van der Waals surface area (Å²) in [4.78, 5) is 23.0. The van der Waals surface area contributed by atoms with E-state index in [0.29, 0.717) is 18.0 Å². The van der Waals surface area contributed by atoms with Crippen molar-refractivity contribution in [3.05, 3.63) is 90.0 Å². The Morgan fingerprint density at radius 3 is 1.93 bits per heavy atom. The molecule has 3 aromatic rings. The number of β-amino-alcohol motifs (C(OH)–C–C–N with tert-alkyl or cyclic N) is 1. The fourth-order valence-corrected chi connectivity index (χ4v) is 5.95. The first-order valence-electron chi connectivity index (χ1n) is 13.4. The SMILES string of the molecule is COc1ccc(N(CC(O)CN2CCN(Cc3ccccc3)CC2)S(=O)(=O)c2ccc(C)cc2)cc1.O=C(O)C(=O)O. The number of ether oxygens (including phenoxy) is 1. The smallest absolute Gasteiger partial charge is 0.414 e. The van der Waals surface area contributed by atoms with Gasteiger partial charge in [0.15, 0.2) is 0 Å². The van der Waals surface area contributed by atoms with Crippen LogP contribution in [0.25, 0.3) is 0 Å². The molecule has 1 aliphatic heterocycles. The molecule has 11 nitrogen and oxygen atoms in total. The predicted molar refractivity (Wildman–Crippen MR) is 158 cm³/mol. The number of aliphatic hydroxyl groups excluding tert-OH is 1. The zero-order chi connectivity index (χ0) is 30.7. The van der Waals surface area contributed by atoms with Crippen LogP contribution in [0.3, 0.4) is 0 Å². The molecule has 3 aromatic carbocycles. The summed E-state index contributed by atoms with van der Waals surface area (Å²) >= 11 is 0. The number of methoxy groups -OCH3 is 1. The molecule has 4 rings (SSSR count). The minimum atomic E-state index is -3.86. The van der Waals surface area contributed by atoms with E-state index in [1.807, 2.05) is 13.0 Å². The van der Waals surface area contributed by atoms with Gasteiger partial charge in [-0.25, -0.2) is 18.0 Å². The van der Waals surface area contributed by atoms with Crippen molar-refractivity contribution >= 4 is 27.6 Å². The van der Waals surface area contributed by atoms with Gasteiger partial charge in [-0.05, 0) is 48.9 Å². The van der Waals surface area contributed by atoms with E-state index in [-0.39, 0.29) is 11.4 Å². The quantitative estimate of drug-likeness (QED) is 0.297. The summed E-state index contributed by atoms with van der Waals surface area (Å²) in [7, 11) is -2.30. The third-order valence-electron chi connectivity index (χ3n) is 6.71. The van der Waals surface area contributed by atoms with E-state index >= 15 is 0 Å². The van der Waals surface area contributed by atoms with Crippen LogP contribution in [0, 0.1) is 6.92 Å². The van der Waals surface area contributed by atoms with Crippen molar-refractivity contribution in [1.29, 1.82) is 0 Å². The van der Waals surface area contributed by atoms with Gasteiger partial charge in [-0.15, -0.1) is 0 Å². The molecule has 0 bridgehead atoms. The lowest BCUT2D eigenvalue weighted by Gasteiger charge is -2.36. The first kappa shape index (κ1) is 32.5. The highest BCUT2D eigenvalue weighted by Gasteiger charge is 2.28. The Hall–Kier alpha value is -3.97. The van der Waals surface area contributed by atoms with Crippen molar-refractivity contribution in [2.75, 3.05) is 50.7 Å². The molecule has 0 spiro atoms. The van der Waals surface area contributed by atoms with Crippen molar-refractivity contribution in [3.63, 3.8) is 0 Å². The van der Waals surface area contributed by atoms with Crippen LogP contribution in [0.4, 0.5) is 5.69 Å². The van der Waals surface area contributed by atoms with Gasteiger partial charge in [0.2, 0.25) is 0 Å². The topological polar surface area (TPSA) is 148 Å². The normalized spacial score (nSPS) is 14.7. The number of aliphatic hydroxyl groups is 1. The molecular weight excluding hydrogens is 562 g/mol. The van der Waals surface area contributed by atoms with Crippen LogP contribution in [0.5, 0.6) is 5.75 Å². The molecule has 1 unspecified atom stereocenters. The molecule has 226 valence electrons. The van der Waals surface area contributed by atoms with Gasteiger partial charge in [0.05, 0.1) is 30.3 Å². The minimum Gasteiger partial charge on any atom is -0.497 e. The highest BCUT2D eigenvalue weighted by Crippen LogP contribution is 2.26. The predicted octanol–water partition coefficient (Wildman–Crippen LogP) is 2.53. The molecule has 12 heteroatoms. The number of nitrogens with zero attached hydrogens (tertiary/aromatic N) is 3. The number of piperazine rings is 1. The van der Waals surface area contributed by atoms with Crippen molar-refractivity contribution in [2.24, 2.45) is 0 Å². The number of sulfonamides is 1. The Labute approximate surface area is 246 Å². The minimum absolute atomic E-state index is 0.0350. The summed E-state index contributed by atoms with van der Waals surface area (Å²) in [5.41, 5.74) is 2.77. The molecule has 1 atom stereocenters. The van der Waals surface area contributed by atoms with E-state index in [0.717, 1.165) is 38.3 Å². The van der Waals surface area contributed by atoms with Gasteiger partial charge in [-0.3, -0.25) is 14.1 Å². The molecule has 0 saturated carbocycles. The van der Waals surface area contributed by atoms with Crippen LogP contribution in [0.1, 0.15) is 11.1 Å². The Balaban J connectivity index is 0.000000730. The van der Waals surface area contributed by atoms with E-state index < -0.39 is 28.1 Å². The number of carbonyl (C=O) groups is 2. The molecule has 1 saturated heterocycles. The Morgan fingerprint density at radius 2 is 1.40 bits per heavy atom. The second-order valence-electron chi connectivity index (χ2n) is 9.87. The Bertz CT molecular complexity index is 1380. The maximum Gasteiger partial charge on any atom is 0.414 e. The van der Waals surface area contributed by atoms with Crippen molar-refractivity contribution in [3.8, 4) is 5.75 Å². The molecule has 0 amide bonds. The van der Waals surface area contributed by atoms with Gasteiger partial charge >= 0.3 is 11.9 Å². The molecule has 0 aliphatic carbocycles. The average Bonchev–Trinajstić information content (AvgIpc) is 2.98. The lowest BCUT2D eigenvalue weighted by Crippen LogP contribution is -2.50. The van der Waals surface area contributed by atoms with Crippen molar-refractivity contribution in [1.82, 2.24) is 9.80 Å². The molecular formula is C30H37N3O8S. The fraction of sp³-hybridized carbons (Fsp3) is 0.333. The zero-order valence-electron chi connectivity index (χ0n) is 23.7. The largest absolute Gasteiger partial charge is 0.497 e. The van der Waals surface area contributed by atoms with Crippen molar-refractivity contribution in [2.45, 2.75) is 24.5 Å². The number of benzene rings is 3. The third kappa shape index (κ3) is 9.55. The summed E-state index contributed by atoms with van der Waals surface area (Å²) < 4.78 is 33.7. The maximum atomic E-state index is 13.6. The van der Waals surface area contributed by atoms with E-state index in [9.17, 15) is 13.5 Å². The van der Waals surface area contributed by atoms with Gasteiger partial charge in [0, 0.05) is 39.3 Å². The molecule has 42 heavy (non-hydrogen) atoms. The zero-order valence-corrected chi connectivity index (χ0v) is 24.5. The van der Waals surface area contributed by atoms with Gasteiger partial charge < -0.3 is 20.1 Å². The second-order valence-corrected chi connectivity index (χ2v) is 11.7. The lowest BCUT2D eigenvalue weighted by molar-refractivity contribution is -0.159. The summed E-state index contributed by atoms with van der Waals surface area (Å²) in [5, 5.41) is 25.8. The number of aliphatic carboxylic acids is 2. The average molecular weight is 600 g/mol. The molecule has 1 heterocycles. The molecule has 0 aromatic heterocycles. The number of hydrogen-bond acceptors (Lipinski definition) is 8. The standard InChI is InChI=1S/C28H35N3O4S.C2H2O4/c1-23-8-14-28(15-9-23)36(33,34)31(25-10-12-27(35-2)13-11-25)22-26(32)21-30-18-16-29(17-19-30)20-24-6-4-3-5-7-24;3-1(4)2(5)6/h3-15,26,32H,16-22H2,1-2H3;(H,3,4)(H,5,6). The third-order valence-corrected chi connectivity index (χ3v) is 8.52. The summed E-state index contributed by atoms with van der Waals surface area (Å²) in [6.07, 6.45) is -0.840. The summed E-state index contributed by atoms with van der Waals surface area (Å²) in [6.45, 7) is 6.69. The number of anilines is 1. The molecule has 3 N–H and O–H groups in total. The lowest BCUT2D eigenvalue weighted by atomic mass is 10.2. The van der Waals surface area contributed by atoms with E-state index in [2.05, 4.69) is 34.1 Å². The monoisotopic (exact) mass is 599 g/mol. The maximum absolute atomic E-state index is 13.6. The second kappa shape index (κ2) is 15.3. The highest BCUT2D eigenvalue weighted by atomic mass is 32.2. The number of rotatable bonds is 10. The highest BCUT2D eigenvalue weighted by molar-refractivity contribution is 7.92. The van der Waals surface area contributed by atoms with Gasteiger partial charge in [0.25, 0.3) is 10.0 Å². The van der Waals surface area contributed by atoms with Crippen LogP contribution in [-0.2, 0) is 26.2 Å². The van der Waals surface area contributed by atoms with Crippen LogP contribution < -0.4 is 9.04 Å². The van der Waals surface area contributed by atoms with Crippen LogP contribution in [0.15, 0.2) is 83.8 Å². The fourth-order valence-electron chi connectivity index (χ4n) is 4.45. The van der Waals surface area contributed by atoms with Crippen molar-refractivity contribution < 1.29 is 38.1 Å². The number of aryl methyl sites for hydroxylation is 1. The van der Waals surface area contributed by atoms with Gasteiger partial charge in [-0.1, -0.05) is 48.0 Å². The summed E-state index contributed by atoms with van der Waals surface area (Å²) in [6, 6.07) is 24.1. The Kier molecular flexibility index (Phi) is 11.9. The summed E-state index contributed by atoms with van der Waals surface area (Å²) in [5.74, 6) is -3.01. The number of hydrogen-bond donors (Lipinski definition) is 3. The van der Waals surface area contributed by atoms with Crippen LogP contribution >= 0.6 is 0 Å².